The van der Waals surface area contributed by atoms with Crippen LogP contribution in [0.5, 0.6) is 0 Å². The van der Waals surface area contributed by atoms with Crippen molar-refractivity contribution in [3.63, 3.8) is 0 Å². The first-order valence-electron chi connectivity index (χ1n) is 7.65. The van der Waals surface area contributed by atoms with Gasteiger partial charge in [-0.15, -0.1) is 11.3 Å². The molecule has 2 aromatic heterocycles. The Hall–Kier alpha value is -1.89. The predicted molar refractivity (Wildman–Crippen MR) is 99.5 cm³/mol. The second kappa shape index (κ2) is 7.99. The lowest BCUT2D eigenvalue weighted by Gasteiger charge is -2.02. The number of rotatable bonds is 6. The van der Waals surface area contributed by atoms with Gasteiger partial charge in [-0.2, -0.15) is 4.98 Å². The van der Waals surface area contributed by atoms with E-state index in [1.54, 1.807) is 19.1 Å². The molecule has 0 atom stereocenters. The van der Waals surface area contributed by atoms with Crippen molar-refractivity contribution in [3.05, 3.63) is 57.0 Å². The largest absolute Gasteiger partial charge is 0.351 e. The molecule has 0 spiro atoms. The topological polar surface area (TPSA) is 68.0 Å². The van der Waals surface area contributed by atoms with Crippen LogP contribution in [0.4, 0.5) is 0 Å². The Kier molecular flexibility index (Phi) is 5.73. The molecule has 0 aliphatic rings. The van der Waals surface area contributed by atoms with Crippen LogP contribution in [0.15, 0.2) is 34.9 Å². The van der Waals surface area contributed by atoms with E-state index < -0.39 is 0 Å². The fourth-order valence-corrected chi connectivity index (χ4v) is 3.72. The van der Waals surface area contributed by atoms with E-state index in [9.17, 15) is 4.79 Å². The van der Waals surface area contributed by atoms with Gasteiger partial charge in [0.2, 0.25) is 5.89 Å². The van der Waals surface area contributed by atoms with Crippen LogP contribution in [-0.2, 0) is 6.42 Å². The van der Waals surface area contributed by atoms with Crippen LogP contribution in [0, 0.1) is 6.92 Å². The van der Waals surface area contributed by atoms with E-state index in [0.717, 1.165) is 16.9 Å². The molecule has 0 saturated heterocycles. The van der Waals surface area contributed by atoms with Crippen molar-refractivity contribution in [1.29, 1.82) is 0 Å². The van der Waals surface area contributed by atoms with Crippen LogP contribution in [0.25, 0.3) is 10.4 Å². The van der Waals surface area contributed by atoms with Gasteiger partial charge in [-0.25, -0.2) is 0 Å². The highest BCUT2D eigenvalue weighted by Crippen LogP contribution is 2.32. The summed E-state index contributed by atoms with van der Waals surface area (Å²) in [6.45, 7) is 2.31. The van der Waals surface area contributed by atoms with Gasteiger partial charge in [0, 0.05) is 27.9 Å². The molecule has 8 heteroatoms. The summed E-state index contributed by atoms with van der Waals surface area (Å²) in [5.41, 5.74) is 0.897. The number of thiophene rings is 1. The van der Waals surface area contributed by atoms with Crippen LogP contribution >= 0.6 is 34.5 Å². The molecule has 0 unspecified atom stereocenters. The number of benzene rings is 1. The first-order valence-corrected chi connectivity index (χ1v) is 9.22. The van der Waals surface area contributed by atoms with Crippen molar-refractivity contribution >= 4 is 40.4 Å². The number of carbonyl (C=O) groups is 1. The highest BCUT2D eigenvalue weighted by molar-refractivity contribution is 7.17. The number of carbonyl (C=O) groups excluding carboxylic acids is 1. The van der Waals surface area contributed by atoms with Crippen LogP contribution in [0.3, 0.4) is 0 Å². The summed E-state index contributed by atoms with van der Waals surface area (Å²) in [5, 5.41) is 7.76. The molecule has 0 saturated carbocycles. The lowest BCUT2D eigenvalue weighted by molar-refractivity contribution is 0.0957. The zero-order valence-corrected chi connectivity index (χ0v) is 15.7. The molecule has 0 fully saturated rings. The molecule has 5 nitrogen and oxygen atoms in total. The number of nitrogens with one attached hydrogen (secondary N) is 1. The van der Waals surface area contributed by atoms with Gasteiger partial charge in [0.1, 0.15) is 0 Å². The zero-order valence-electron chi connectivity index (χ0n) is 13.4. The van der Waals surface area contributed by atoms with Gasteiger partial charge in [-0.1, -0.05) is 28.4 Å². The maximum atomic E-state index is 12.2. The third-order valence-corrected chi connectivity index (χ3v) is 4.97. The van der Waals surface area contributed by atoms with Crippen molar-refractivity contribution in [2.24, 2.45) is 0 Å². The SMILES string of the molecule is Cc1noc(CCCNC(=O)c2ccc(-c3cc(Cl)cc(Cl)c3)s2)n1. The van der Waals surface area contributed by atoms with Crippen molar-refractivity contribution in [1.82, 2.24) is 15.5 Å². The Bertz CT molecular complexity index is 871. The lowest BCUT2D eigenvalue weighted by Crippen LogP contribution is -2.23. The van der Waals surface area contributed by atoms with E-state index in [0.29, 0.717) is 39.6 Å². The van der Waals surface area contributed by atoms with E-state index >= 15 is 0 Å². The Morgan fingerprint density at radius 1 is 1.24 bits per heavy atom. The Balaban J connectivity index is 1.55. The summed E-state index contributed by atoms with van der Waals surface area (Å²) in [6, 6.07) is 9.02. The highest BCUT2D eigenvalue weighted by Gasteiger charge is 2.11. The van der Waals surface area contributed by atoms with Crippen LogP contribution in [-0.4, -0.2) is 22.6 Å². The van der Waals surface area contributed by atoms with E-state index in [1.165, 1.54) is 11.3 Å². The van der Waals surface area contributed by atoms with E-state index in [2.05, 4.69) is 15.5 Å². The average molecular weight is 396 g/mol. The minimum atomic E-state index is -0.105. The van der Waals surface area contributed by atoms with Crippen molar-refractivity contribution in [2.75, 3.05) is 6.54 Å². The number of hydrogen-bond donors (Lipinski definition) is 1. The van der Waals surface area contributed by atoms with Gasteiger partial charge < -0.3 is 9.84 Å². The standard InChI is InChI=1S/C17H15Cl2N3O2S/c1-10-21-16(24-22-10)3-2-6-20-17(23)15-5-4-14(25-15)11-7-12(18)9-13(19)8-11/h4-5,7-9H,2-3,6H2,1H3,(H,20,23). The second-order valence-corrected chi connectivity index (χ2v) is 7.37. The van der Waals surface area contributed by atoms with Gasteiger partial charge in [0.25, 0.3) is 5.91 Å². The molecule has 0 radical (unpaired) electrons. The van der Waals surface area contributed by atoms with Crippen molar-refractivity contribution < 1.29 is 9.32 Å². The molecular formula is C17H15Cl2N3O2S. The average Bonchev–Trinajstić information content (AvgIpc) is 3.19. The van der Waals surface area contributed by atoms with Gasteiger partial charge in [-0.05, 0) is 49.2 Å². The predicted octanol–water partition coefficient (Wildman–Crippen LogP) is 4.78. The smallest absolute Gasteiger partial charge is 0.261 e. The van der Waals surface area contributed by atoms with E-state index in [1.807, 2.05) is 18.2 Å². The van der Waals surface area contributed by atoms with Gasteiger partial charge in [0.15, 0.2) is 5.82 Å². The van der Waals surface area contributed by atoms with Crippen LogP contribution in [0.1, 0.15) is 27.8 Å². The Morgan fingerprint density at radius 2 is 2.00 bits per heavy atom. The molecule has 0 aliphatic carbocycles. The maximum absolute atomic E-state index is 12.2. The summed E-state index contributed by atoms with van der Waals surface area (Å²) in [5.74, 6) is 1.10. The first-order chi connectivity index (χ1) is 12.0. The number of halogens is 2. The molecule has 3 rings (SSSR count). The van der Waals surface area contributed by atoms with Gasteiger partial charge in [-0.3, -0.25) is 4.79 Å². The maximum Gasteiger partial charge on any atom is 0.261 e. The third-order valence-electron chi connectivity index (χ3n) is 3.40. The Morgan fingerprint density at radius 3 is 2.68 bits per heavy atom. The molecule has 3 aromatic rings. The highest BCUT2D eigenvalue weighted by atomic mass is 35.5. The first kappa shape index (κ1) is 17.9. The van der Waals surface area contributed by atoms with E-state index in [-0.39, 0.29) is 5.91 Å². The number of nitrogens with zero attached hydrogens (tertiary/aromatic N) is 2. The quantitative estimate of drug-likeness (QED) is 0.609. The lowest BCUT2D eigenvalue weighted by atomic mass is 10.2. The Labute approximate surface area is 159 Å². The molecule has 1 N–H and O–H groups in total. The van der Waals surface area contributed by atoms with Gasteiger partial charge in [0.05, 0.1) is 4.88 Å². The second-order valence-electron chi connectivity index (χ2n) is 5.42. The number of aromatic nitrogens is 2. The summed E-state index contributed by atoms with van der Waals surface area (Å²) in [4.78, 5) is 17.9. The monoisotopic (exact) mass is 395 g/mol. The minimum Gasteiger partial charge on any atom is -0.351 e. The number of amides is 1. The van der Waals surface area contributed by atoms with Crippen molar-refractivity contribution in [3.8, 4) is 10.4 Å². The molecule has 0 bridgehead atoms. The van der Waals surface area contributed by atoms with E-state index in [4.69, 9.17) is 27.7 Å². The third kappa shape index (κ3) is 4.81. The van der Waals surface area contributed by atoms with Gasteiger partial charge >= 0.3 is 0 Å². The molecule has 0 aliphatic heterocycles. The molecule has 25 heavy (non-hydrogen) atoms. The molecule has 1 aromatic carbocycles. The summed E-state index contributed by atoms with van der Waals surface area (Å²) >= 11 is 13.5. The summed E-state index contributed by atoms with van der Waals surface area (Å²) in [6.07, 6.45) is 1.37. The van der Waals surface area contributed by atoms with Crippen molar-refractivity contribution in [2.45, 2.75) is 19.8 Å². The fourth-order valence-electron chi connectivity index (χ4n) is 2.28. The van der Waals surface area contributed by atoms with Crippen LogP contribution < -0.4 is 5.32 Å². The molecular weight excluding hydrogens is 381 g/mol. The molecule has 130 valence electrons. The summed E-state index contributed by atoms with van der Waals surface area (Å²) < 4.78 is 5.03. The number of hydrogen-bond acceptors (Lipinski definition) is 5. The minimum absolute atomic E-state index is 0.105. The molecule has 2 heterocycles. The number of aryl methyl sites for hydroxylation is 2. The summed E-state index contributed by atoms with van der Waals surface area (Å²) in [7, 11) is 0. The molecule has 1 amide bonds. The zero-order chi connectivity index (χ0) is 17.8. The fraction of sp³-hybridized carbons (Fsp3) is 0.235. The normalized spacial score (nSPS) is 10.8. The van der Waals surface area contributed by atoms with Crippen LogP contribution in [0.2, 0.25) is 10.0 Å².